The van der Waals surface area contributed by atoms with E-state index in [2.05, 4.69) is 18.8 Å². The van der Waals surface area contributed by atoms with Crippen molar-refractivity contribution in [2.24, 2.45) is 11.8 Å². The summed E-state index contributed by atoms with van der Waals surface area (Å²) in [5.74, 6) is 0.591. The molecule has 0 aromatic carbocycles. The fourth-order valence-electron chi connectivity index (χ4n) is 3.36. The van der Waals surface area contributed by atoms with E-state index in [0.717, 1.165) is 19.5 Å². The molecule has 0 saturated carbocycles. The lowest BCUT2D eigenvalue weighted by Crippen LogP contribution is -2.42. The zero-order valence-electron chi connectivity index (χ0n) is 13.4. The molecule has 1 saturated heterocycles. The molecule has 2 rings (SSSR count). The number of esters is 1. The third-order valence-corrected chi connectivity index (χ3v) is 4.20. The third kappa shape index (κ3) is 2.96. The summed E-state index contributed by atoms with van der Waals surface area (Å²) in [5, 5.41) is 0. The highest BCUT2D eigenvalue weighted by Crippen LogP contribution is 2.25. The van der Waals surface area contributed by atoms with E-state index in [0.29, 0.717) is 34.4 Å². The number of nitrogens with one attached hydrogen (secondary N) is 1. The van der Waals surface area contributed by atoms with Gasteiger partial charge in [0.15, 0.2) is 0 Å². The summed E-state index contributed by atoms with van der Waals surface area (Å²) in [7, 11) is 1.35. The van der Waals surface area contributed by atoms with Crippen LogP contribution < -0.4 is 0 Å². The summed E-state index contributed by atoms with van der Waals surface area (Å²) in [6.45, 7) is 9.46. The third-order valence-electron chi connectivity index (χ3n) is 4.20. The zero-order valence-corrected chi connectivity index (χ0v) is 13.4. The fourth-order valence-corrected chi connectivity index (χ4v) is 3.36. The van der Waals surface area contributed by atoms with Crippen molar-refractivity contribution in [3.8, 4) is 0 Å². The summed E-state index contributed by atoms with van der Waals surface area (Å²) in [6, 6.07) is 0. The zero-order chi connectivity index (χ0) is 15.7. The molecule has 0 aliphatic carbocycles. The highest BCUT2D eigenvalue weighted by Gasteiger charge is 2.30. The predicted molar refractivity (Wildman–Crippen MR) is 80.5 cm³/mol. The number of H-pyrrole nitrogens is 1. The maximum absolute atomic E-state index is 12.7. The van der Waals surface area contributed by atoms with Crippen LogP contribution in [0.3, 0.4) is 0 Å². The van der Waals surface area contributed by atoms with Crippen molar-refractivity contribution >= 4 is 11.9 Å². The normalized spacial score (nSPS) is 22.2. The number of rotatable bonds is 2. The second-order valence-corrected chi connectivity index (χ2v) is 6.27. The van der Waals surface area contributed by atoms with E-state index in [1.807, 2.05) is 4.90 Å². The Morgan fingerprint density at radius 3 is 2.29 bits per heavy atom. The first-order chi connectivity index (χ1) is 9.85. The van der Waals surface area contributed by atoms with E-state index in [1.54, 1.807) is 13.8 Å². The summed E-state index contributed by atoms with van der Waals surface area (Å²) < 4.78 is 4.79. The Balaban J connectivity index is 2.30. The molecule has 0 unspecified atom stereocenters. The predicted octanol–water partition coefficient (Wildman–Crippen LogP) is 2.54. The van der Waals surface area contributed by atoms with Crippen LogP contribution in [0.1, 0.15) is 52.4 Å². The minimum absolute atomic E-state index is 0.0239. The van der Waals surface area contributed by atoms with Gasteiger partial charge in [0.2, 0.25) is 0 Å². The molecule has 2 heterocycles. The number of hydrogen-bond acceptors (Lipinski definition) is 3. The average molecular weight is 292 g/mol. The van der Waals surface area contributed by atoms with E-state index in [4.69, 9.17) is 4.74 Å². The quantitative estimate of drug-likeness (QED) is 0.852. The number of likely N-dealkylation sites (tertiary alicyclic amines) is 1. The summed E-state index contributed by atoms with van der Waals surface area (Å²) >= 11 is 0. The standard InChI is InChI=1S/C16H24N2O3/c1-9-6-10(2)8-18(7-9)15(19)14-11(3)13(12(4)17-14)16(20)21-5/h9-10,17H,6-8H2,1-5H3/t9-,10-/m0/s1. The summed E-state index contributed by atoms with van der Waals surface area (Å²) in [6.07, 6.45) is 1.15. The number of carbonyl (C=O) groups is 2. The van der Waals surface area contributed by atoms with Crippen LogP contribution in [0.25, 0.3) is 0 Å². The van der Waals surface area contributed by atoms with Gasteiger partial charge >= 0.3 is 5.97 Å². The van der Waals surface area contributed by atoms with Gasteiger partial charge in [-0.05, 0) is 37.7 Å². The molecule has 0 bridgehead atoms. The molecule has 116 valence electrons. The largest absolute Gasteiger partial charge is 0.465 e. The highest BCUT2D eigenvalue weighted by atomic mass is 16.5. The number of methoxy groups -OCH3 is 1. The average Bonchev–Trinajstić information content (AvgIpc) is 2.71. The van der Waals surface area contributed by atoms with Gasteiger partial charge in [0, 0.05) is 18.8 Å². The fraction of sp³-hybridized carbons (Fsp3) is 0.625. The molecular weight excluding hydrogens is 268 g/mol. The van der Waals surface area contributed by atoms with Gasteiger partial charge in [0.25, 0.3) is 5.91 Å². The second kappa shape index (κ2) is 5.92. The van der Waals surface area contributed by atoms with Crippen molar-refractivity contribution in [3.63, 3.8) is 0 Å². The molecule has 21 heavy (non-hydrogen) atoms. The van der Waals surface area contributed by atoms with Crippen LogP contribution >= 0.6 is 0 Å². The van der Waals surface area contributed by atoms with E-state index in [1.165, 1.54) is 7.11 Å². The number of hydrogen-bond donors (Lipinski definition) is 1. The number of nitrogens with zero attached hydrogens (tertiary/aromatic N) is 1. The van der Waals surface area contributed by atoms with Crippen LogP contribution in [0.5, 0.6) is 0 Å². The molecule has 2 atom stereocenters. The molecule has 5 nitrogen and oxygen atoms in total. The Bertz CT molecular complexity index is 552. The van der Waals surface area contributed by atoms with E-state index in [9.17, 15) is 9.59 Å². The van der Waals surface area contributed by atoms with Crippen molar-refractivity contribution in [2.45, 2.75) is 34.1 Å². The van der Waals surface area contributed by atoms with E-state index in [-0.39, 0.29) is 5.91 Å². The monoisotopic (exact) mass is 292 g/mol. The Morgan fingerprint density at radius 1 is 1.19 bits per heavy atom. The van der Waals surface area contributed by atoms with Crippen molar-refractivity contribution in [2.75, 3.05) is 20.2 Å². The van der Waals surface area contributed by atoms with Gasteiger partial charge < -0.3 is 14.6 Å². The maximum atomic E-state index is 12.7. The number of aryl methyl sites for hydroxylation is 1. The number of carbonyl (C=O) groups excluding carboxylic acids is 2. The number of piperidine rings is 1. The van der Waals surface area contributed by atoms with Gasteiger partial charge in [-0.1, -0.05) is 13.8 Å². The van der Waals surface area contributed by atoms with Crippen molar-refractivity contribution in [3.05, 3.63) is 22.5 Å². The van der Waals surface area contributed by atoms with Gasteiger partial charge in [0.05, 0.1) is 12.7 Å². The molecule has 1 aromatic rings. The molecule has 0 radical (unpaired) electrons. The van der Waals surface area contributed by atoms with Crippen molar-refractivity contribution in [1.82, 2.24) is 9.88 Å². The molecule has 1 N–H and O–H groups in total. The second-order valence-electron chi connectivity index (χ2n) is 6.27. The number of ether oxygens (including phenoxy) is 1. The topological polar surface area (TPSA) is 62.4 Å². The Labute approximate surface area is 125 Å². The van der Waals surface area contributed by atoms with E-state index >= 15 is 0 Å². The molecule has 1 aliphatic heterocycles. The number of aromatic nitrogens is 1. The lowest BCUT2D eigenvalue weighted by atomic mass is 9.91. The van der Waals surface area contributed by atoms with Crippen molar-refractivity contribution < 1.29 is 14.3 Å². The summed E-state index contributed by atoms with van der Waals surface area (Å²) in [4.78, 5) is 29.5. The first kappa shape index (κ1) is 15.6. The lowest BCUT2D eigenvalue weighted by molar-refractivity contribution is 0.0599. The molecule has 5 heteroatoms. The van der Waals surface area contributed by atoms with Gasteiger partial charge in [-0.2, -0.15) is 0 Å². The highest BCUT2D eigenvalue weighted by molar-refractivity contribution is 6.00. The van der Waals surface area contributed by atoms with Crippen molar-refractivity contribution in [1.29, 1.82) is 0 Å². The Hall–Kier alpha value is -1.78. The molecule has 1 amide bonds. The van der Waals surface area contributed by atoms with Gasteiger partial charge in [0.1, 0.15) is 5.69 Å². The van der Waals surface area contributed by atoms with Crippen LogP contribution in [-0.2, 0) is 4.74 Å². The van der Waals surface area contributed by atoms with E-state index < -0.39 is 5.97 Å². The minimum atomic E-state index is -0.402. The first-order valence-electron chi connectivity index (χ1n) is 7.41. The Morgan fingerprint density at radius 2 is 1.76 bits per heavy atom. The SMILES string of the molecule is COC(=O)c1c(C)[nH]c(C(=O)N2C[C@@H](C)C[C@H](C)C2)c1C. The van der Waals surface area contributed by atoms with Crippen LogP contribution in [-0.4, -0.2) is 42.0 Å². The first-order valence-corrected chi connectivity index (χ1v) is 7.41. The van der Waals surface area contributed by atoms with Gasteiger partial charge in [-0.15, -0.1) is 0 Å². The molecule has 0 spiro atoms. The van der Waals surface area contributed by atoms with Crippen LogP contribution in [0.4, 0.5) is 0 Å². The summed E-state index contributed by atoms with van der Waals surface area (Å²) in [5.41, 5.74) is 2.34. The smallest absolute Gasteiger partial charge is 0.339 e. The molecular formula is C16H24N2O3. The maximum Gasteiger partial charge on any atom is 0.339 e. The van der Waals surface area contributed by atoms with Crippen LogP contribution in [0, 0.1) is 25.7 Å². The molecule has 1 fully saturated rings. The van der Waals surface area contributed by atoms with Gasteiger partial charge in [-0.25, -0.2) is 4.79 Å². The van der Waals surface area contributed by atoms with Crippen LogP contribution in [0.2, 0.25) is 0 Å². The molecule has 1 aromatic heterocycles. The number of aromatic amines is 1. The number of amides is 1. The Kier molecular flexibility index (Phi) is 4.40. The lowest BCUT2D eigenvalue weighted by Gasteiger charge is -2.34. The van der Waals surface area contributed by atoms with Crippen LogP contribution in [0.15, 0.2) is 0 Å². The minimum Gasteiger partial charge on any atom is -0.465 e. The van der Waals surface area contributed by atoms with Gasteiger partial charge in [-0.3, -0.25) is 4.79 Å². The molecule has 1 aliphatic rings.